The van der Waals surface area contributed by atoms with E-state index >= 15 is 0 Å². The van der Waals surface area contributed by atoms with E-state index in [-0.39, 0.29) is 5.69 Å². The van der Waals surface area contributed by atoms with Crippen molar-refractivity contribution in [2.75, 3.05) is 5.73 Å². The molecule has 0 heterocycles. The number of rotatable bonds is 1. The van der Waals surface area contributed by atoms with Crippen LogP contribution in [0.5, 0.6) is 5.75 Å². The molecular weight excluding hydrogens is 339 g/mol. The van der Waals surface area contributed by atoms with Gasteiger partial charge >= 0.3 is 6.36 Å². The van der Waals surface area contributed by atoms with Crippen LogP contribution in [-0.4, -0.2) is 14.4 Å². The number of anilines is 1. The molecular formula is C12H13BrF3NOSi. The average Bonchev–Trinajstić information content (AvgIpc) is 2.17. The van der Waals surface area contributed by atoms with Crippen molar-refractivity contribution in [3.63, 3.8) is 0 Å². The minimum Gasteiger partial charge on any atom is -0.403 e. The fourth-order valence-electron chi connectivity index (χ4n) is 1.16. The van der Waals surface area contributed by atoms with Gasteiger partial charge in [-0.3, -0.25) is 0 Å². The summed E-state index contributed by atoms with van der Waals surface area (Å²) in [7, 11) is -1.64. The molecule has 0 fully saturated rings. The molecule has 104 valence electrons. The summed E-state index contributed by atoms with van der Waals surface area (Å²) in [5.74, 6) is 2.39. The first-order valence-corrected chi connectivity index (χ1v) is 9.65. The SMILES string of the molecule is C[Si](C)(C)C#Cc1cc(Br)cc(OC(F)(F)F)c1N. The molecule has 0 aliphatic rings. The Morgan fingerprint density at radius 1 is 1.26 bits per heavy atom. The third-order valence-corrected chi connectivity index (χ3v) is 3.24. The molecule has 19 heavy (non-hydrogen) atoms. The lowest BCUT2D eigenvalue weighted by molar-refractivity contribution is -0.274. The van der Waals surface area contributed by atoms with Gasteiger partial charge in [0, 0.05) is 4.47 Å². The number of ether oxygens (including phenoxy) is 1. The van der Waals surface area contributed by atoms with E-state index in [1.54, 1.807) is 6.07 Å². The second kappa shape index (κ2) is 5.47. The monoisotopic (exact) mass is 351 g/mol. The highest BCUT2D eigenvalue weighted by molar-refractivity contribution is 9.10. The number of hydrogen-bond donors (Lipinski definition) is 1. The summed E-state index contributed by atoms with van der Waals surface area (Å²) in [6.07, 6.45) is -4.78. The fraction of sp³-hybridized carbons (Fsp3) is 0.333. The molecule has 0 bridgehead atoms. The van der Waals surface area contributed by atoms with Crippen LogP contribution in [0.2, 0.25) is 19.6 Å². The molecule has 1 aromatic rings. The van der Waals surface area contributed by atoms with E-state index < -0.39 is 20.2 Å². The summed E-state index contributed by atoms with van der Waals surface area (Å²) in [6.45, 7) is 6.09. The highest BCUT2D eigenvalue weighted by Crippen LogP contribution is 2.33. The van der Waals surface area contributed by atoms with Crippen molar-refractivity contribution in [1.82, 2.24) is 0 Å². The van der Waals surface area contributed by atoms with Crippen molar-refractivity contribution in [1.29, 1.82) is 0 Å². The van der Waals surface area contributed by atoms with E-state index in [2.05, 4.69) is 32.1 Å². The number of alkyl halides is 3. The van der Waals surface area contributed by atoms with Crippen molar-refractivity contribution in [2.45, 2.75) is 26.0 Å². The lowest BCUT2D eigenvalue weighted by atomic mass is 10.2. The van der Waals surface area contributed by atoms with Crippen LogP contribution in [0.1, 0.15) is 5.56 Å². The summed E-state index contributed by atoms with van der Waals surface area (Å²) < 4.78 is 41.0. The van der Waals surface area contributed by atoms with Gasteiger partial charge < -0.3 is 10.5 Å². The highest BCUT2D eigenvalue weighted by atomic mass is 79.9. The molecule has 0 unspecified atom stereocenters. The molecule has 2 nitrogen and oxygen atoms in total. The molecule has 0 aliphatic carbocycles. The molecule has 0 saturated carbocycles. The van der Waals surface area contributed by atoms with E-state index in [1.807, 2.05) is 19.6 Å². The van der Waals surface area contributed by atoms with Crippen molar-refractivity contribution < 1.29 is 17.9 Å². The molecule has 0 spiro atoms. The van der Waals surface area contributed by atoms with Gasteiger partial charge in [0.2, 0.25) is 0 Å². The molecule has 0 atom stereocenters. The minimum absolute atomic E-state index is 0.105. The van der Waals surface area contributed by atoms with Crippen LogP contribution in [0.15, 0.2) is 16.6 Å². The van der Waals surface area contributed by atoms with Gasteiger partial charge in [-0.1, -0.05) is 41.5 Å². The quantitative estimate of drug-likeness (QED) is 0.468. The van der Waals surface area contributed by atoms with Crippen LogP contribution in [0.3, 0.4) is 0 Å². The van der Waals surface area contributed by atoms with E-state index in [0.29, 0.717) is 10.0 Å². The predicted molar refractivity (Wildman–Crippen MR) is 75.5 cm³/mol. The normalized spacial score (nSPS) is 11.7. The second-order valence-corrected chi connectivity index (χ2v) is 10.6. The Morgan fingerprint density at radius 2 is 1.84 bits per heavy atom. The van der Waals surface area contributed by atoms with Crippen molar-refractivity contribution in [2.24, 2.45) is 0 Å². The highest BCUT2D eigenvalue weighted by Gasteiger charge is 2.32. The van der Waals surface area contributed by atoms with Gasteiger partial charge in [-0.05, 0) is 12.1 Å². The Labute approximate surface area is 119 Å². The Kier molecular flexibility index (Phi) is 4.58. The summed E-state index contributed by atoms with van der Waals surface area (Å²) in [4.78, 5) is 0. The summed E-state index contributed by atoms with van der Waals surface area (Å²) in [6, 6.07) is 2.74. The van der Waals surface area contributed by atoms with E-state index in [1.165, 1.54) is 6.07 Å². The Balaban J connectivity index is 3.24. The largest absolute Gasteiger partial charge is 0.573 e. The first-order chi connectivity index (χ1) is 8.48. The van der Waals surface area contributed by atoms with Crippen LogP contribution in [-0.2, 0) is 0 Å². The Bertz CT molecular complexity index is 541. The van der Waals surface area contributed by atoms with Gasteiger partial charge in [0.25, 0.3) is 0 Å². The molecule has 7 heteroatoms. The lowest BCUT2D eigenvalue weighted by Gasteiger charge is -2.13. The third kappa shape index (κ3) is 5.57. The number of hydrogen-bond acceptors (Lipinski definition) is 2. The minimum atomic E-state index is -4.78. The molecule has 0 radical (unpaired) electrons. The van der Waals surface area contributed by atoms with Crippen molar-refractivity contribution in [3.8, 4) is 17.2 Å². The Morgan fingerprint density at radius 3 is 2.32 bits per heavy atom. The maximum absolute atomic E-state index is 12.2. The summed E-state index contributed by atoms with van der Waals surface area (Å²) >= 11 is 3.12. The lowest BCUT2D eigenvalue weighted by Crippen LogP contribution is -2.18. The first kappa shape index (κ1) is 15.9. The molecule has 0 aliphatic heterocycles. The van der Waals surface area contributed by atoms with Crippen LogP contribution in [0.4, 0.5) is 18.9 Å². The maximum Gasteiger partial charge on any atom is 0.573 e. The van der Waals surface area contributed by atoms with Crippen molar-refractivity contribution >= 4 is 29.7 Å². The smallest absolute Gasteiger partial charge is 0.403 e. The Hall–Kier alpha value is -1.13. The molecule has 1 rings (SSSR count). The number of halogens is 4. The van der Waals surface area contributed by atoms with Gasteiger partial charge in [-0.2, -0.15) is 0 Å². The molecule has 2 N–H and O–H groups in total. The van der Waals surface area contributed by atoms with Crippen molar-refractivity contribution in [3.05, 3.63) is 22.2 Å². The van der Waals surface area contributed by atoms with E-state index in [4.69, 9.17) is 5.73 Å². The molecule has 0 amide bonds. The van der Waals surface area contributed by atoms with Crippen LogP contribution >= 0.6 is 15.9 Å². The van der Waals surface area contributed by atoms with Crippen LogP contribution in [0, 0.1) is 11.5 Å². The van der Waals surface area contributed by atoms with Crippen LogP contribution < -0.4 is 10.5 Å². The second-order valence-electron chi connectivity index (χ2n) is 4.91. The maximum atomic E-state index is 12.2. The third-order valence-electron chi connectivity index (χ3n) is 1.90. The zero-order valence-electron chi connectivity index (χ0n) is 10.7. The van der Waals surface area contributed by atoms with Gasteiger partial charge in [0.05, 0.1) is 11.3 Å². The zero-order valence-corrected chi connectivity index (χ0v) is 13.2. The topological polar surface area (TPSA) is 35.2 Å². The number of nitrogens with two attached hydrogens (primary N) is 1. The molecule has 0 aromatic heterocycles. The molecule has 1 aromatic carbocycles. The number of nitrogen functional groups attached to an aromatic ring is 1. The van der Waals surface area contributed by atoms with Gasteiger partial charge in [-0.25, -0.2) is 0 Å². The van der Waals surface area contributed by atoms with E-state index in [9.17, 15) is 13.2 Å². The standard InChI is InChI=1S/C12H13BrF3NOSi/c1-19(2,3)5-4-8-6-9(13)7-10(11(8)17)18-12(14,15)16/h6-7H,17H2,1-3H3. The van der Waals surface area contributed by atoms with E-state index in [0.717, 1.165) is 0 Å². The number of benzene rings is 1. The average molecular weight is 352 g/mol. The summed E-state index contributed by atoms with van der Waals surface area (Å²) in [5.41, 5.74) is 8.93. The van der Waals surface area contributed by atoms with Gasteiger partial charge in [-0.15, -0.1) is 18.7 Å². The van der Waals surface area contributed by atoms with Crippen LogP contribution in [0.25, 0.3) is 0 Å². The van der Waals surface area contributed by atoms with Gasteiger partial charge in [0.1, 0.15) is 8.07 Å². The van der Waals surface area contributed by atoms with Gasteiger partial charge in [0.15, 0.2) is 5.75 Å². The summed E-state index contributed by atoms with van der Waals surface area (Å²) in [5, 5.41) is 0. The fourth-order valence-corrected chi connectivity index (χ4v) is 2.11. The molecule has 0 saturated heterocycles. The first-order valence-electron chi connectivity index (χ1n) is 5.36. The zero-order chi connectivity index (χ0) is 14.8. The predicted octanol–water partition coefficient (Wildman–Crippen LogP) is 4.16.